The Morgan fingerprint density at radius 3 is 2.56 bits per heavy atom. The van der Waals surface area contributed by atoms with E-state index in [4.69, 9.17) is 27.5 Å². The van der Waals surface area contributed by atoms with Gasteiger partial charge in [-0.3, -0.25) is 9.52 Å². The predicted octanol–water partition coefficient (Wildman–Crippen LogP) is 2.02. The van der Waals surface area contributed by atoms with E-state index in [0.29, 0.717) is 42.6 Å². The minimum atomic E-state index is -4.11. The van der Waals surface area contributed by atoms with Crippen molar-refractivity contribution in [1.82, 2.24) is 24.6 Å². The van der Waals surface area contributed by atoms with Crippen molar-refractivity contribution < 1.29 is 22.7 Å². The normalized spacial score (nSPS) is 11.2. The van der Waals surface area contributed by atoms with E-state index in [1.807, 2.05) is 0 Å². The van der Waals surface area contributed by atoms with Gasteiger partial charge in [-0.25, -0.2) is 8.42 Å². The van der Waals surface area contributed by atoms with Gasteiger partial charge >= 0.3 is 29.6 Å². The molecule has 5 rings (SSSR count). The molecule has 0 aliphatic rings. The van der Waals surface area contributed by atoms with Crippen molar-refractivity contribution in [2.75, 3.05) is 22.3 Å². The van der Waals surface area contributed by atoms with Gasteiger partial charge in [0.25, 0.3) is 21.7 Å². The Balaban J connectivity index is 0.00000387. The Morgan fingerprint density at radius 1 is 1.12 bits per heavy atom. The first-order valence-electron chi connectivity index (χ1n) is 11.7. The van der Waals surface area contributed by atoms with E-state index < -0.39 is 27.2 Å². The molecule has 0 saturated heterocycles. The van der Waals surface area contributed by atoms with Crippen LogP contribution in [0.3, 0.4) is 0 Å². The molecule has 7 N–H and O–H groups in total. The fourth-order valence-electron chi connectivity index (χ4n) is 3.76. The van der Waals surface area contributed by atoms with E-state index in [0.717, 1.165) is 17.7 Å². The number of hydrogen-bond acceptors (Lipinski definition) is 11. The van der Waals surface area contributed by atoms with E-state index in [1.165, 1.54) is 10.8 Å². The molecule has 0 bridgehead atoms. The Labute approximate surface area is 260 Å². The maximum absolute atomic E-state index is 12.8. The molecule has 0 fully saturated rings. The summed E-state index contributed by atoms with van der Waals surface area (Å²) in [6.07, 6.45) is 2.91. The molecule has 2 aromatic carbocycles. The monoisotopic (exact) mass is 607 g/mol. The van der Waals surface area contributed by atoms with Gasteiger partial charge in [0.1, 0.15) is 5.75 Å². The number of furan rings is 1. The van der Waals surface area contributed by atoms with E-state index >= 15 is 0 Å². The maximum atomic E-state index is 12.8. The number of nitrogens with zero attached hydrogens (tertiary/aromatic N) is 5. The number of nitrogens with one attached hydrogen (secondary N) is 2. The second-order valence-electron chi connectivity index (χ2n) is 8.53. The summed E-state index contributed by atoms with van der Waals surface area (Å²) in [5, 5.41) is 16.9. The quantitative estimate of drug-likeness (QED) is 0.114. The first kappa shape index (κ1) is 30.1. The van der Waals surface area contributed by atoms with Gasteiger partial charge in [0.2, 0.25) is 17.7 Å². The van der Waals surface area contributed by atoms with Gasteiger partial charge in [-0.2, -0.15) is 19.5 Å². The zero-order valence-corrected chi connectivity index (χ0v) is 22.1. The van der Waals surface area contributed by atoms with Gasteiger partial charge in [-0.1, -0.05) is 23.7 Å². The van der Waals surface area contributed by atoms with Gasteiger partial charge in [0, 0.05) is 12.2 Å². The number of sulfonamides is 1. The van der Waals surface area contributed by atoms with Gasteiger partial charge in [-0.15, -0.1) is 5.10 Å². The Bertz CT molecular complexity index is 1810. The number of nitrogens with two attached hydrogens (primary N) is 2. The van der Waals surface area contributed by atoms with Crippen LogP contribution in [0.4, 0.5) is 17.6 Å². The van der Waals surface area contributed by atoms with Crippen LogP contribution in [0.2, 0.25) is 5.02 Å². The Morgan fingerprint density at radius 2 is 1.88 bits per heavy atom. The number of halogens is 1. The van der Waals surface area contributed by atoms with Crippen molar-refractivity contribution in [3.8, 4) is 17.3 Å². The topological polar surface area (TPSA) is 217 Å². The minimum absolute atomic E-state index is 0. The van der Waals surface area contributed by atoms with E-state index in [2.05, 4.69) is 30.1 Å². The fourth-order valence-corrected chi connectivity index (χ4v) is 5.15. The zero-order valence-electron chi connectivity index (χ0n) is 20.6. The number of hydrogen-bond donors (Lipinski definition) is 5. The summed E-state index contributed by atoms with van der Waals surface area (Å²) >= 11 is 5.87. The van der Waals surface area contributed by atoms with Gasteiger partial charge in [0.15, 0.2) is 5.76 Å². The summed E-state index contributed by atoms with van der Waals surface area (Å²) in [5.41, 5.74) is 12.1. The average molecular weight is 608 g/mol. The number of rotatable bonds is 10. The molecular weight excluding hydrogens is 585 g/mol. The number of primary amides is 1. The van der Waals surface area contributed by atoms with Crippen LogP contribution < -0.4 is 21.5 Å². The molecule has 3 aromatic heterocycles. The third kappa shape index (κ3) is 6.71. The van der Waals surface area contributed by atoms with Crippen LogP contribution in [-0.2, 0) is 16.4 Å². The first-order chi connectivity index (χ1) is 19.1. The number of aromatic hydroxyl groups is 1. The molecule has 1 amide bonds. The van der Waals surface area contributed by atoms with Gasteiger partial charge in [-0.05, 0) is 54.8 Å². The van der Waals surface area contributed by atoms with Crippen LogP contribution in [-0.4, -0.2) is 80.1 Å². The third-order valence-corrected chi connectivity index (χ3v) is 7.37. The van der Waals surface area contributed by atoms with Gasteiger partial charge < -0.3 is 26.3 Å². The van der Waals surface area contributed by atoms with Crippen molar-refractivity contribution >= 4 is 80.5 Å². The molecule has 3 heterocycles. The van der Waals surface area contributed by atoms with Crippen LogP contribution in [0.15, 0.2) is 64.1 Å². The fraction of sp³-hybridized carbons (Fsp3) is 0.125. The van der Waals surface area contributed by atoms with Crippen LogP contribution in [0.1, 0.15) is 22.3 Å². The summed E-state index contributed by atoms with van der Waals surface area (Å²) in [7, 11) is -4.11. The number of phenols is 1. The number of carbonyl (C=O) groups excluding carboxylic acids is 1. The average Bonchev–Trinajstić information content (AvgIpc) is 3.59. The summed E-state index contributed by atoms with van der Waals surface area (Å²) in [6, 6.07) is 12.2. The second-order valence-corrected chi connectivity index (χ2v) is 10.6. The number of fused-ring (bicyclic) bond motifs is 1. The molecule has 0 spiro atoms. The van der Waals surface area contributed by atoms with Gasteiger partial charge in [0.05, 0.1) is 21.7 Å². The van der Waals surface area contributed by atoms with Crippen molar-refractivity contribution in [2.45, 2.75) is 17.7 Å². The first-order valence-corrected chi connectivity index (χ1v) is 13.6. The zero-order chi connectivity index (χ0) is 28.4. The molecule has 14 nitrogen and oxygen atoms in total. The van der Waals surface area contributed by atoms with Crippen molar-refractivity contribution in [3.63, 3.8) is 0 Å². The van der Waals surface area contributed by atoms with E-state index in [-0.39, 0.29) is 51.2 Å². The third-order valence-electron chi connectivity index (χ3n) is 5.72. The molecule has 208 valence electrons. The molecule has 0 atom stereocenters. The van der Waals surface area contributed by atoms with Crippen molar-refractivity contribution in [1.29, 1.82) is 0 Å². The van der Waals surface area contributed by atoms with Crippen LogP contribution in [0.25, 0.3) is 17.4 Å². The number of benzene rings is 2. The van der Waals surface area contributed by atoms with Crippen LogP contribution in [0, 0.1) is 0 Å². The molecule has 41 heavy (non-hydrogen) atoms. The number of aryl methyl sites for hydroxylation is 1. The predicted molar refractivity (Wildman–Crippen MR) is 154 cm³/mol. The molecule has 0 unspecified atom stereocenters. The van der Waals surface area contributed by atoms with Crippen molar-refractivity contribution in [3.05, 3.63) is 70.9 Å². The van der Waals surface area contributed by atoms with Crippen LogP contribution >= 0.6 is 11.6 Å². The number of aromatic nitrogens is 5. The molecule has 17 heteroatoms. The molecule has 0 aliphatic heterocycles. The molecule has 0 radical (unpaired) electrons. The number of carbonyl (C=O) groups is 1. The number of amides is 1. The molecule has 0 saturated carbocycles. The summed E-state index contributed by atoms with van der Waals surface area (Å²) in [4.78, 5) is 24.1. The second kappa shape index (κ2) is 12.3. The Kier molecular flexibility index (Phi) is 9.04. The van der Waals surface area contributed by atoms with Crippen LogP contribution in [0.5, 0.6) is 5.75 Å². The standard InChI is InChI=1S/C24H22ClN9O5S.Na.H/c25-17-12-15(11-16(19(17)35)20(26)36)40(37,38)33-14-7-5-13(6-8-14)3-1-9-28-23-30-22(27)34-24(31-23)29-21(32-34)18-4-2-10-39-18;;/h2,4-8,10-12,33,35H,1,3,9H2,(H2,26,36)(H3,27,28,29,30,31,32);;. The van der Waals surface area contributed by atoms with Crippen molar-refractivity contribution in [2.24, 2.45) is 5.73 Å². The SMILES string of the molecule is NC(=O)c1cc(S(=O)(=O)Nc2ccc(CCCNc3nc(N)n4nc(-c5ccco5)nc4n3)cc2)cc(Cl)c1O.[NaH]. The van der Waals surface area contributed by atoms with E-state index in [1.54, 1.807) is 36.4 Å². The molecule has 0 aliphatic carbocycles. The Hall–Kier alpha value is -3.89. The summed E-state index contributed by atoms with van der Waals surface area (Å²) in [6.45, 7) is 0.535. The molecular formula is C24H23ClN9NaO5S. The molecule has 5 aromatic rings. The summed E-state index contributed by atoms with van der Waals surface area (Å²) < 4.78 is 34.6. The summed E-state index contributed by atoms with van der Waals surface area (Å²) in [5.74, 6) is -0.0571. The number of nitrogen functional groups attached to an aromatic ring is 1. The number of anilines is 3. The van der Waals surface area contributed by atoms with E-state index in [9.17, 15) is 18.3 Å².